The summed E-state index contributed by atoms with van der Waals surface area (Å²) in [7, 11) is 0. The zero-order valence-electron chi connectivity index (χ0n) is 8.55. The van der Waals surface area contributed by atoms with Crippen LogP contribution < -0.4 is 0 Å². The number of halogens is 1. The minimum atomic E-state index is 0.321. The molecule has 0 spiro atoms. The molecule has 0 unspecified atom stereocenters. The van der Waals surface area contributed by atoms with Crippen molar-refractivity contribution in [2.45, 2.75) is 0 Å². The molecule has 1 aromatic carbocycles. The second-order valence-electron chi connectivity index (χ2n) is 3.22. The Morgan fingerprint density at radius 3 is 2.71 bits per heavy atom. The Balaban J connectivity index is 2.60. The highest BCUT2D eigenvalue weighted by Crippen LogP contribution is 2.25. The lowest BCUT2D eigenvalue weighted by Gasteiger charge is -2.02. The lowest BCUT2D eigenvalue weighted by molar-refractivity contribution is 1.17. The van der Waals surface area contributed by atoms with Gasteiger partial charge in [0.05, 0.1) is 18.3 Å². The van der Waals surface area contributed by atoms with Crippen molar-refractivity contribution < 1.29 is 0 Å². The van der Waals surface area contributed by atoms with Crippen molar-refractivity contribution in [1.82, 2.24) is 9.97 Å². The van der Waals surface area contributed by atoms with E-state index in [1.54, 1.807) is 18.2 Å². The van der Waals surface area contributed by atoms with Crippen LogP contribution in [-0.4, -0.2) is 9.97 Å². The molecule has 0 atom stereocenters. The van der Waals surface area contributed by atoms with Gasteiger partial charge in [-0.05, 0) is 23.8 Å². The molecule has 80 valence electrons. The molecule has 0 saturated carbocycles. The van der Waals surface area contributed by atoms with Crippen LogP contribution in [0, 0.1) is 17.9 Å². The third-order valence-corrected chi connectivity index (χ3v) is 2.31. The van der Waals surface area contributed by atoms with Crippen LogP contribution in [0.1, 0.15) is 5.56 Å². The van der Waals surface area contributed by atoms with Gasteiger partial charge >= 0.3 is 0 Å². The number of nitriles is 1. The van der Waals surface area contributed by atoms with Crippen LogP contribution in [0.4, 0.5) is 5.69 Å². The number of nitrogens with zero attached hydrogens (tertiary/aromatic N) is 4. The van der Waals surface area contributed by atoms with Crippen LogP contribution in [0.3, 0.4) is 0 Å². The average Bonchev–Trinajstić information content (AvgIpc) is 2.38. The van der Waals surface area contributed by atoms with E-state index < -0.39 is 0 Å². The number of hydrogen-bond donors (Lipinski definition) is 0. The van der Waals surface area contributed by atoms with Gasteiger partial charge in [0, 0.05) is 11.6 Å². The van der Waals surface area contributed by atoms with Gasteiger partial charge in [0.15, 0.2) is 5.69 Å². The van der Waals surface area contributed by atoms with E-state index in [1.807, 2.05) is 6.07 Å². The van der Waals surface area contributed by atoms with E-state index in [9.17, 15) is 0 Å². The summed E-state index contributed by atoms with van der Waals surface area (Å²) in [5, 5.41) is 9.19. The predicted molar refractivity (Wildman–Crippen MR) is 63.5 cm³/mol. The van der Waals surface area contributed by atoms with E-state index >= 15 is 0 Å². The van der Waals surface area contributed by atoms with E-state index in [1.165, 1.54) is 12.4 Å². The molecule has 0 amide bonds. The molecule has 0 aliphatic heterocycles. The first kappa shape index (κ1) is 11.1. The molecular formula is C12H5ClN4. The zero-order valence-corrected chi connectivity index (χ0v) is 9.31. The first-order valence-electron chi connectivity index (χ1n) is 4.63. The van der Waals surface area contributed by atoms with Crippen molar-refractivity contribution >= 4 is 17.3 Å². The first-order chi connectivity index (χ1) is 8.22. The quantitative estimate of drug-likeness (QED) is 0.568. The van der Waals surface area contributed by atoms with E-state index in [-0.39, 0.29) is 0 Å². The topological polar surface area (TPSA) is 53.9 Å². The standard InChI is InChI=1S/C12H5ClN4/c1-15-10-3-8(6-14)2-9(4-10)11-5-12(13)17-7-16-11/h2-5,7H. The lowest BCUT2D eigenvalue weighted by Crippen LogP contribution is -1.86. The fraction of sp³-hybridized carbons (Fsp3) is 0. The van der Waals surface area contributed by atoms with Gasteiger partial charge in [-0.15, -0.1) is 0 Å². The third-order valence-electron chi connectivity index (χ3n) is 2.11. The monoisotopic (exact) mass is 240 g/mol. The van der Waals surface area contributed by atoms with Gasteiger partial charge in [-0.25, -0.2) is 14.8 Å². The Kier molecular flexibility index (Phi) is 3.00. The molecule has 0 N–H and O–H groups in total. The molecule has 0 fully saturated rings. The number of rotatable bonds is 1. The molecule has 1 heterocycles. The Morgan fingerprint density at radius 2 is 2.06 bits per heavy atom. The molecule has 0 bridgehead atoms. The molecule has 5 heteroatoms. The van der Waals surface area contributed by atoms with Crippen LogP contribution >= 0.6 is 11.6 Å². The summed E-state index contributed by atoms with van der Waals surface area (Å²) in [4.78, 5) is 11.1. The first-order valence-corrected chi connectivity index (χ1v) is 5.01. The van der Waals surface area contributed by atoms with Crippen molar-refractivity contribution in [3.05, 3.63) is 52.7 Å². The Hall–Kier alpha value is -2.43. The van der Waals surface area contributed by atoms with Gasteiger partial charge in [0.1, 0.15) is 11.5 Å². The van der Waals surface area contributed by atoms with Crippen LogP contribution in [0.5, 0.6) is 0 Å². The van der Waals surface area contributed by atoms with Crippen molar-refractivity contribution in [3.8, 4) is 17.3 Å². The summed E-state index contributed by atoms with van der Waals surface area (Å²) in [6, 6.07) is 8.44. The van der Waals surface area contributed by atoms with E-state index in [4.69, 9.17) is 23.4 Å². The van der Waals surface area contributed by atoms with Crippen molar-refractivity contribution in [2.75, 3.05) is 0 Å². The molecule has 2 rings (SSSR count). The normalized spacial score (nSPS) is 9.35. The maximum atomic E-state index is 8.87. The average molecular weight is 241 g/mol. The van der Waals surface area contributed by atoms with Gasteiger partial charge in [-0.1, -0.05) is 11.6 Å². The molecule has 17 heavy (non-hydrogen) atoms. The summed E-state index contributed by atoms with van der Waals surface area (Å²) < 4.78 is 0. The highest BCUT2D eigenvalue weighted by molar-refractivity contribution is 6.29. The lowest BCUT2D eigenvalue weighted by atomic mass is 10.1. The van der Waals surface area contributed by atoms with Crippen LogP contribution in [0.25, 0.3) is 16.1 Å². The molecule has 0 radical (unpaired) electrons. The van der Waals surface area contributed by atoms with E-state index in [2.05, 4.69) is 14.8 Å². The van der Waals surface area contributed by atoms with E-state index in [0.717, 1.165) is 0 Å². The zero-order chi connectivity index (χ0) is 12.3. The van der Waals surface area contributed by atoms with E-state index in [0.29, 0.717) is 27.7 Å². The second-order valence-corrected chi connectivity index (χ2v) is 3.61. The molecule has 4 nitrogen and oxygen atoms in total. The summed E-state index contributed by atoms with van der Waals surface area (Å²) in [6.07, 6.45) is 1.34. The van der Waals surface area contributed by atoms with Gasteiger partial charge < -0.3 is 0 Å². The molecule has 2 aromatic rings. The predicted octanol–water partition coefficient (Wildman–Crippen LogP) is 3.22. The maximum absolute atomic E-state index is 8.87. The molecule has 0 saturated heterocycles. The van der Waals surface area contributed by atoms with Crippen molar-refractivity contribution in [2.24, 2.45) is 0 Å². The molecule has 0 aliphatic rings. The minimum absolute atomic E-state index is 0.321. The number of aromatic nitrogens is 2. The number of hydrogen-bond acceptors (Lipinski definition) is 3. The second kappa shape index (κ2) is 4.61. The minimum Gasteiger partial charge on any atom is -0.238 e. The summed E-state index contributed by atoms with van der Waals surface area (Å²) in [6.45, 7) is 6.97. The van der Waals surface area contributed by atoms with Crippen molar-refractivity contribution in [1.29, 1.82) is 5.26 Å². The Labute approximate surface area is 103 Å². The van der Waals surface area contributed by atoms with Gasteiger partial charge in [0.2, 0.25) is 0 Å². The van der Waals surface area contributed by atoms with Crippen LogP contribution in [0.2, 0.25) is 5.15 Å². The Bertz CT molecular complexity index is 620. The maximum Gasteiger partial charge on any atom is 0.189 e. The van der Waals surface area contributed by atoms with Crippen LogP contribution in [-0.2, 0) is 0 Å². The van der Waals surface area contributed by atoms with Gasteiger partial charge in [-0.3, -0.25) is 0 Å². The highest BCUT2D eigenvalue weighted by atomic mass is 35.5. The van der Waals surface area contributed by atoms with Crippen LogP contribution in [0.15, 0.2) is 30.6 Å². The summed E-state index contributed by atoms with van der Waals surface area (Å²) in [5.41, 5.74) is 2.09. The molecule has 0 aliphatic carbocycles. The fourth-order valence-electron chi connectivity index (χ4n) is 1.38. The summed E-state index contributed by atoms with van der Waals surface area (Å²) in [5.74, 6) is 0. The number of benzene rings is 1. The summed E-state index contributed by atoms with van der Waals surface area (Å²) >= 11 is 5.77. The van der Waals surface area contributed by atoms with Gasteiger partial charge in [0.25, 0.3) is 0 Å². The van der Waals surface area contributed by atoms with Crippen molar-refractivity contribution in [3.63, 3.8) is 0 Å². The largest absolute Gasteiger partial charge is 0.238 e. The fourth-order valence-corrected chi connectivity index (χ4v) is 1.53. The Morgan fingerprint density at radius 1 is 1.24 bits per heavy atom. The molecular weight excluding hydrogens is 236 g/mol. The molecule has 1 aromatic heterocycles. The SMILES string of the molecule is [C-]#[N+]c1cc(C#N)cc(-c2cc(Cl)ncn2)c1. The third kappa shape index (κ3) is 2.39. The van der Waals surface area contributed by atoms with Gasteiger partial charge in [-0.2, -0.15) is 5.26 Å². The highest BCUT2D eigenvalue weighted by Gasteiger charge is 2.05. The smallest absolute Gasteiger partial charge is 0.189 e.